The average Bonchev–Trinajstić information content (AvgIpc) is 3.23. The standard InChI is InChI=1S/C13H22N2O4/c1-2-3-6-14(10-4-5-10)13(18)15-7-8-19-9-11(15)12(16)17/h10-11H,2-9H2,1H3,(H,16,17). The van der Waals surface area contributed by atoms with E-state index >= 15 is 0 Å². The molecular weight excluding hydrogens is 248 g/mol. The lowest BCUT2D eigenvalue weighted by atomic mass is 10.2. The van der Waals surface area contributed by atoms with Crippen LogP contribution < -0.4 is 0 Å². The van der Waals surface area contributed by atoms with Crippen molar-refractivity contribution in [2.24, 2.45) is 0 Å². The van der Waals surface area contributed by atoms with Crippen molar-refractivity contribution in [2.45, 2.75) is 44.7 Å². The fraction of sp³-hybridized carbons (Fsp3) is 0.846. The van der Waals surface area contributed by atoms with Crippen molar-refractivity contribution in [2.75, 3.05) is 26.3 Å². The molecule has 2 amide bonds. The highest BCUT2D eigenvalue weighted by molar-refractivity contribution is 5.83. The number of morpholine rings is 1. The van der Waals surface area contributed by atoms with E-state index in [1.807, 2.05) is 4.90 Å². The molecule has 0 aromatic rings. The molecule has 0 spiro atoms. The number of unbranched alkanes of at least 4 members (excludes halogenated alkanes) is 1. The van der Waals surface area contributed by atoms with Crippen LogP contribution in [0.2, 0.25) is 0 Å². The molecule has 0 bridgehead atoms. The number of carbonyl (C=O) groups excluding carboxylic acids is 1. The van der Waals surface area contributed by atoms with E-state index in [1.165, 1.54) is 4.90 Å². The molecule has 2 fully saturated rings. The first-order valence-electron chi connectivity index (χ1n) is 7.03. The van der Waals surface area contributed by atoms with Gasteiger partial charge < -0.3 is 19.6 Å². The zero-order chi connectivity index (χ0) is 13.8. The molecule has 1 saturated carbocycles. The molecule has 19 heavy (non-hydrogen) atoms. The first-order valence-corrected chi connectivity index (χ1v) is 7.03. The Morgan fingerprint density at radius 3 is 2.74 bits per heavy atom. The molecule has 108 valence electrons. The Hall–Kier alpha value is -1.30. The van der Waals surface area contributed by atoms with Gasteiger partial charge in [-0.05, 0) is 19.3 Å². The molecule has 1 saturated heterocycles. The Labute approximate surface area is 113 Å². The van der Waals surface area contributed by atoms with Crippen LogP contribution in [0.25, 0.3) is 0 Å². The van der Waals surface area contributed by atoms with E-state index in [1.54, 1.807) is 0 Å². The maximum Gasteiger partial charge on any atom is 0.328 e. The van der Waals surface area contributed by atoms with Gasteiger partial charge in [-0.15, -0.1) is 0 Å². The Morgan fingerprint density at radius 1 is 1.42 bits per heavy atom. The van der Waals surface area contributed by atoms with Crippen LogP contribution in [-0.4, -0.2) is 65.3 Å². The zero-order valence-electron chi connectivity index (χ0n) is 11.4. The molecule has 1 aliphatic carbocycles. The first kappa shape index (κ1) is 14.1. The van der Waals surface area contributed by atoms with Crippen LogP contribution in [0, 0.1) is 0 Å². The lowest BCUT2D eigenvalue weighted by Gasteiger charge is -2.37. The van der Waals surface area contributed by atoms with Crippen LogP contribution in [0.1, 0.15) is 32.6 Å². The molecule has 2 rings (SSSR count). The van der Waals surface area contributed by atoms with Crippen LogP contribution >= 0.6 is 0 Å². The SMILES string of the molecule is CCCCN(C(=O)N1CCOCC1C(=O)O)C1CC1. The summed E-state index contributed by atoms with van der Waals surface area (Å²) in [7, 11) is 0. The van der Waals surface area contributed by atoms with Gasteiger partial charge in [0.25, 0.3) is 0 Å². The molecule has 0 aromatic carbocycles. The summed E-state index contributed by atoms with van der Waals surface area (Å²) in [6.07, 6.45) is 4.07. The van der Waals surface area contributed by atoms with Gasteiger partial charge in [-0.25, -0.2) is 9.59 Å². The van der Waals surface area contributed by atoms with Crippen molar-refractivity contribution >= 4 is 12.0 Å². The van der Waals surface area contributed by atoms with Crippen molar-refractivity contribution in [3.63, 3.8) is 0 Å². The van der Waals surface area contributed by atoms with Crippen LogP contribution in [0.5, 0.6) is 0 Å². The highest BCUT2D eigenvalue weighted by Crippen LogP contribution is 2.28. The molecule has 1 atom stereocenters. The van der Waals surface area contributed by atoms with Crippen molar-refractivity contribution in [3.8, 4) is 0 Å². The number of ether oxygens (including phenoxy) is 1. The molecular formula is C13H22N2O4. The molecule has 0 aromatic heterocycles. The number of carboxylic acid groups (broad SMARTS) is 1. The second-order valence-electron chi connectivity index (χ2n) is 5.18. The van der Waals surface area contributed by atoms with Gasteiger partial charge in [0, 0.05) is 19.1 Å². The van der Waals surface area contributed by atoms with E-state index in [0.29, 0.717) is 19.2 Å². The van der Waals surface area contributed by atoms with Crippen LogP contribution in [-0.2, 0) is 9.53 Å². The lowest BCUT2D eigenvalue weighted by molar-refractivity contribution is -0.147. The second-order valence-corrected chi connectivity index (χ2v) is 5.18. The number of amides is 2. The maximum absolute atomic E-state index is 12.5. The zero-order valence-corrected chi connectivity index (χ0v) is 11.4. The van der Waals surface area contributed by atoms with Gasteiger partial charge in [0.1, 0.15) is 0 Å². The number of aliphatic carboxylic acids is 1. The minimum absolute atomic E-state index is 0.0906. The van der Waals surface area contributed by atoms with Crippen molar-refractivity contribution in [1.82, 2.24) is 9.80 Å². The van der Waals surface area contributed by atoms with E-state index in [2.05, 4.69) is 6.92 Å². The minimum Gasteiger partial charge on any atom is -0.480 e. The number of nitrogens with zero attached hydrogens (tertiary/aromatic N) is 2. The van der Waals surface area contributed by atoms with Crippen molar-refractivity contribution < 1.29 is 19.4 Å². The third kappa shape index (κ3) is 3.37. The molecule has 1 N–H and O–H groups in total. The van der Waals surface area contributed by atoms with Gasteiger partial charge >= 0.3 is 12.0 Å². The topological polar surface area (TPSA) is 70.1 Å². The summed E-state index contributed by atoms with van der Waals surface area (Å²) in [5, 5.41) is 9.18. The number of hydrogen-bond donors (Lipinski definition) is 1. The maximum atomic E-state index is 12.5. The number of carboxylic acids is 1. The van der Waals surface area contributed by atoms with Gasteiger partial charge in [-0.1, -0.05) is 13.3 Å². The number of carbonyl (C=O) groups is 2. The molecule has 1 aliphatic heterocycles. The lowest BCUT2D eigenvalue weighted by Crippen LogP contribution is -2.57. The summed E-state index contributed by atoms with van der Waals surface area (Å²) >= 11 is 0. The fourth-order valence-electron chi connectivity index (χ4n) is 2.35. The number of hydrogen-bond acceptors (Lipinski definition) is 3. The van der Waals surface area contributed by atoms with Gasteiger partial charge in [0.15, 0.2) is 6.04 Å². The van der Waals surface area contributed by atoms with Crippen molar-refractivity contribution in [3.05, 3.63) is 0 Å². The van der Waals surface area contributed by atoms with E-state index in [-0.39, 0.29) is 12.6 Å². The highest BCUT2D eigenvalue weighted by Gasteiger charge is 2.39. The van der Waals surface area contributed by atoms with E-state index in [4.69, 9.17) is 4.74 Å². The summed E-state index contributed by atoms with van der Waals surface area (Å²) in [5.74, 6) is -0.987. The number of urea groups is 1. The van der Waals surface area contributed by atoms with Crippen LogP contribution in [0.3, 0.4) is 0 Å². The largest absolute Gasteiger partial charge is 0.480 e. The van der Waals surface area contributed by atoms with Crippen molar-refractivity contribution in [1.29, 1.82) is 0 Å². The molecule has 6 heteroatoms. The Bertz CT molecular complexity index is 344. The van der Waals surface area contributed by atoms with Crippen LogP contribution in [0.15, 0.2) is 0 Å². The van der Waals surface area contributed by atoms with Gasteiger partial charge in [-0.2, -0.15) is 0 Å². The fourth-order valence-corrected chi connectivity index (χ4v) is 2.35. The molecule has 1 unspecified atom stereocenters. The monoisotopic (exact) mass is 270 g/mol. The molecule has 6 nitrogen and oxygen atoms in total. The molecule has 0 radical (unpaired) electrons. The third-order valence-corrected chi connectivity index (χ3v) is 3.65. The van der Waals surface area contributed by atoms with Gasteiger partial charge in [0.05, 0.1) is 13.2 Å². The normalized spacial score (nSPS) is 23.2. The predicted octanol–water partition coefficient (Wildman–Crippen LogP) is 1.16. The Morgan fingerprint density at radius 2 is 2.16 bits per heavy atom. The Balaban J connectivity index is 2.03. The third-order valence-electron chi connectivity index (χ3n) is 3.65. The first-order chi connectivity index (χ1) is 9.15. The summed E-state index contributed by atoms with van der Waals surface area (Å²) in [6.45, 7) is 3.69. The minimum atomic E-state index is -0.987. The summed E-state index contributed by atoms with van der Waals surface area (Å²) in [4.78, 5) is 27.0. The summed E-state index contributed by atoms with van der Waals surface area (Å²) < 4.78 is 5.17. The van der Waals surface area contributed by atoms with Gasteiger partial charge in [0.2, 0.25) is 0 Å². The predicted molar refractivity (Wildman–Crippen MR) is 69.0 cm³/mol. The average molecular weight is 270 g/mol. The van der Waals surface area contributed by atoms with Crippen LogP contribution in [0.4, 0.5) is 4.79 Å². The molecule has 2 aliphatic rings. The quantitative estimate of drug-likeness (QED) is 0.813. The molecule has 1 heterocycles. The Kier molecular flexibility index (Phi) is 4.63. The van der Waals surface area contributed by atoms with E-state index in [0.717, 1.165) is 32.2 Å². The summed E-state index contributed by atoms with van der Waals surface area (Å²) in [6, 6.07) is -0.660. The second kappa shape index (κ2) is 6.23. The van der Waals surface area contributed by atoms with Gasteiger partial charge in [-0.3, -0.25) is 0 Å². The highest BCUT2D eigenvalue weighted by atomic mass is 16.5. The van der Waals surface area contributed by atoms with E-state index < -0.39 is 12.0 Å². The van der Waals surface area contributed by atoms with E-state index in [9.17, 15) is 14.7 Å². The number of rotatable bonds is 5. The smallest absolute Gasteiger partial charge is 0.328 e. The summed E-state index contributed by atoms with van der Waals surface area (Å²) in [5.41, 5.74) is 0.